The van der Waals surface area contributed by atoms with E-state index in [0.717, 1.165) is 25.9 Å². The lowest BCUT2D eigenvalue weighted by Gasteiger charge is -2.34. The fourth-order valence-electron chi connectivity index (χ4n) is 3.50. The normalized spacial score (nSPS) is 32.1. The number of rotatable bonds is 4. The minimum absolute atomic E-state index is 0.00507. The molecule has 0 spiro atoms. The topological polar surface area (TPSA) is 69.6 Å². The van der Waals surface area contributed by atoms with Crippen LogP contribution in [-0.4, -0.2) is 47.1 Å². The number of carbonyl (C=O) groups is 2. The van der Waals surface area contributed by atoms with Gasteiger partial charge in [0.2, 0.25) is 5.91 Å². The zero-order valence-corrected chi connectivity index (χ0v) is 12.5. The van der Waals surface area contributed by atoms with E-state index in [1.165, 1.54) is 6.42 Å². The number of carbonyl (C=O) groups excluding carboxylic acids is 1. The molecule has 2 fully saturated rings. The molecule has 2 aliphatic rings. The summed E-state index contributed by atoms with van der Waals surface area (Å²) >= 11 is 0. The Bertz CT molecular complexity index is 379. The van der Waals surface area contributed by atoms with Gasteiger partial charge in [-0.05, 0) is 57.5 Å². The Labute approximate surface area is 120 Å². The number of carboxylic acids is 1. The number of carboxylic acid groups (broad SMARTS) is 1. The van der Waals surface area contributed by atoms with Gasteiger partial charge in [-0.3, -0.25) is 4.79 Å². The molecular weight excluding hydrogens is 256 g/mol. The molecular formula is C15H26N2O3. The Morgan fingerprint density at radius 1 is 1.45 bits per heavy atom. The van der Waals surface area contributed by atoms with E-state index in [1.807, 2.05) is 0 Å². The Morgan fingerprint density at radius 2 is 2.20 bits per heavy atom. The molecule has 2 heterocycles. The van der Waals surface area contributed by atoms with Gasteiger partial charge in [-0.25, -0.2) is 4.79 Å². The maximum Gasteiger partial charge on any atom is 0.329 e. The average Bonchev–Trinajstić information content (AvgIpc) is 2.83. The predicted molar refractivity (Wildman–Crippen MR) is 76.4 cm³/mol. The quantitative estimate of drug-likeness (QED) is 0.819. The van der Waals surface area contributed by atoms with Crippen molar-refractivity contribution in [1.29, 1.82) is 0 Å². The smallest absolute Gasteiger partial charge is 0.329 e. The van der Waals surface area contributed by atoms with Crippen molar-refractivity contribution in [2.24, 2.45) is 11.8 Å². The zero-order chi connectivity index (χ0) is 14.8. The van der Waals surface area contributed by atoms with E-state index < -0.39 is 11.5 Å². The first kappa shape index (κ1) is 15.3. The Hall–Kier alpha value is -1.10. The lowest BCUT2D eigenvalue weighted by molar-refractivity contribution is -0.155. The molecule has 3 atom stereocenters. The SMILES string of the molecule is CC(CC(=O)N1CCCC1(C)C(=O)O)C1CCCNC1. The van der Waals surface area contributed by atoms with E-state index in [-0.39, 0.29) is 5.91 Å². The van der Waals surface area contributed by atoms with Gasteiger partial charge in [-0.15, -0.1) is 0 Å². The van der Waals surface area contributed by atoms with Crippen LogP contribution in [-0.2, 0) is 9.59 Å². The highest BCUT2D eigenvalue weighted by Gasteiger charge is 2.46. The van der Waals surface area contributed by atoms with Crippen molar-refractivity contribution >= 4 is 11.9 Å². The summed E-state index contributed by atoms with van der Waals surface area (Å²) in [6.45, 7) is 6.42. The molecule has 20 heavy (non-hydrogen) atoms. The summed E-state index contributed by atoms with van der Waals surface area (Å²) in [5.41, 5.74) is -0.998. The number of nitrogens with one attached hydrogen (secondary N) is 1. The molecule has 2 N–H and O–H groups in total. The molecule has 1 amide bonds. The van der Waals surface area contributed by atoms with Crippen molar-refractivity contribution in [3.8, 4) is 0 Å². The van der Waals surface area contributed by atoms with Crippen molar-refractivity contribution in [1.82, 2.24) is 10.2 Å². The second kappa shape index (κ2) is 6.12. The Kier molecular flexibility index (Phi) is 4.68. The van der Waals surface area contributed by atoms with Crippen LogP contribution in [0.15, 0.2) is 0 Å². The molecule has 5 heteroatoms. The third kappa shape index (κ3) is 2.97. The number of hydrogen-bond donors (Lipinski definition) is 2. The summed E-state index contributed by atoms with van der Waals surface area (Å²) in [5.74, 6) is -0.0267. The molecule has 0 aromatic rings. The minimum Gasteiger partial charge on any atom is -0.480 e. The molecule has 5 nitrogen and oxygen atoms in total. The second-order valence-electron chi connectivity index (χ2n) is 6.52. The predicted octanol–water partition coefficient (Wildman–Crippen LogP) is 1.48. The summed E-state index contributed by atoms with van der Waals surface area (Å²) in [5, 5.41) is 12.7. The fourth-order valence-corrected chi connectivity index (χ4v) is 3.50. The van der Waals surface area contributed by atoms with Crippen LogP contribution in [0.3, 0.4) is 0 Å². The van der Waals surface area contributed by atoms with Gasteiger partial charge in [0.15, 0.2) is 0 Å². The maximum absolute atomic E-state index is 12.5. The molecule has 2 rings (SSSR count). The van der Waals surface area contributed by atoms with Gasteiger partial charge >= 0.3 is 5.97 Å². The number of nitrogens with zero attached hydrogens (tertiary/aromatic N) is 1. The van der Waals surface area contributed by atoms with Crippen molar-refractivity contribution < 1.29 is 14.7 Å². The number of aliphatic carboxylic acids is 1. The highest BCUT2D eigenvalue weighted by Crippen LogP contribution is 2.32. The van der Waals surface area contributed by atoms with Crippen LogP contribution in [0.4, 0.5) is 0 Å². The third-order valence-corrected chi connectivity index (χ3v) is 5.04. The molecule has 3 unspecified atom stereocenters. The molecule has 114 valence electrons. The van der Waals surface area contributed by atoms with Gasteiger partial charge in [-0.1, -0.05) is 6.92 Å². The molecule has 2 aliphatic heterocycles. The lowest BCUT2D eigenvalue weighted by atomic mass is 9.85. The van der Waals surface area contributed by atoms with E-state index in [2.05, 4.69) is 12.2 Å². The summed E-state index contributed by atoms with van der Waals surface area (Å²) in [7, 11) is 0. The van der Waals surface area contributed by atoms with Crippen molar-refractivity contribution in [2.45, 2.75) is 51.5 Å². The maximum atomic E-state index is 12.5. The van der Waals surface area contributed by atoms with Crippen molar-refractivity contribution in [3.63, 3.8) is 0 Å². The third-order valence-electron chi connectivity index (χ3n) is 5.04. The van der Waals surface area contributed by atoms with E-state index >= 15 is 0 Å². The van der Waals surface area contributed by atoms with Gasteiger partial charge in [0.05, 0.1) is 0 Å². The highest BCUT2D eigenvalue weighted by molar-refractivity contribution is 5.87. The van der Waals surface area contributed by atoms with Gasteiger partial charge in [0, 0.05) is 13.0 Å². The largest absolute Gasteiger partial charge is 0.480 e. The van der Waals surface area contributed by atoms with Gasteiger partial charge in [0.25, 0.3) is 0 Å². The van der Waals surface area contributed by atoms with Crippen LogP contribution in [0.25, 0.3) is 0 Å². The minimum atomic E-state index is -0.998. The molecule has 0 saturated carbocycles. The summed E-state index contributed by atoms with van der Waals surface area (Å²) in [6.07, 6.45) is 4.15. The second-order valence-corrected chi connectivity index (χ2v) is 6.52. The fraction of sp³-hybridized carbons (Fsp3) is 0.867. The van der Waals surface area contributed by atoms with Gasteiger partial charge < -0.3 is 15.3 Å². The van der Waals surface area contributed by atoms with Crippen LogP contribution in [0.1, 0.15) is 46.0 Å². The van der Waals surface area contributed by atoms with Crippen LogP contribution < -0.4 is 5.32 Å². The number of amides is 1. The van der Waals surface area contributed by atoms with E-state index in [0.29, 0.717) is 31.2 Å². The van der Waals surface area contributed by atoms with Gasteiger partial charge in [-0.2, -0.15) is 0 Å². The monoisotopic (exact) mass is 282 g/mol. The molecule has 0 aromatic heterocycles. The highest BCUT2D eigenvalue weighted by atomic mass is 16.4. The Balaban J connectivity index is 1.95. The first-order valence-corrected chi connectivity index (χ1v) is 7.69. The van der Waals surface area contributed by atoms with Crippen LogP contribution >= 0.6 is 0 Å². The molecule has 0 aromatic carbocycles. The van der Waals surface area contributed by atoms with Crippen molar-refractivity contribution in [2.75, 3.05) is 19.6 Å². The number of likely N-dealkylation sites (tertiary alicyclic amines) is 1. The molecule has 2 saturated heterocycles. The lowest BCUT2D eigenvalue weighted by Crippen LogP contribution is -2.51. The summed E-state index contributed by atoms with van der Waals surface area (Å²) in [6, 6.07) is 0. The zero-order valence-electron chi connectivity index (χ0n) is 12.5. The number of hydrogen-bond acceptors (Lipinski definition) is 3. The van der Waals surface area contributed by atoms with E-state index in [9.17, 15) is 14.7 Å². The van der Waals surface area contributed by atoms with E-state index in [4.69, 9.17) is 0 Å². The standard InChI is InChI=1S/C15H26N2O3/c1-11(12-5-3-7-16-10-12)9-13(18)17-8-4-6-15(17,2)14(19)20/h11-12,16H,3-10H2,1-2H3,(H,19,20). The molecule has 0 bridgehead atoms. The summed E-state index contributed by atoms with van der Waals surface area (Å²) in [4.78, 5) is 25.5. The van der Waals surface area contributed by atoms with Gasteiger partial charge in [0.1, 0.15) is 5.54 Å². The molecule has 0 aliphatic carbocycles. The van der Waals surface area contributed by atoms with Crippen molar-refractivity contribution in [3.05, 3.63) is 0 Å². The first-order chi connectivity index (χ1) is 9.45. The van der Waals surface area contributed by atoms with Crippen LogP contribution in [0, 0.1) is 11.8 Å². The summed E-state index contributed by atoms with van der Waals surface area (Å²) < 4.78 is 0. The van der Waals surface area contributed by atoms with Crippen LogP contribution in [0.2, 0.25) is 0 Å². The number of piperidine rings is 1. The average molecular weight is 282 g/mol. The van der Waals surface area contributed by atoms with Crippen LogP contribution in [0.5, 0.6) is 0 Å². The first-order valence-electron chi connectivity index (χ1n) is 7.69. The van der Waals surface area contributed by atoms with E-state index in [1.54, 1.807) is 11.8 Å². The Morgan fingerprint density at radius 3 is 2.80 bits per heavy atom. The molecule has 0 radical (unpaired) electrons.